The Labute approximate surface area is 503 Å². The molecule has 0 spiro atoms. The van der Waals surface area contributed by atoms with Crippen molar-refractivity contribution < 1.29 is 106 Å². The van der Waals surface area contributed by atoms with E-state index < -0.39 is 209 Å². The number of nitrogens with one attached hydrogen (secondary N) is 10. The normalized spacial score (nSPS) is 14.5. The highest BCUT2D eigenvalue weighted by atomic mass is 31.2. The molecule has 0 unspecified atom stereocenters. The lowest BCUT2D eigenvalue weighted by molar-refractivity contribution is -0.143. The summed E-state index contributed by atoms with van der Waals surface area (Å²) in [5.74, 6) is -16.6. The molecule has 0 fully saturated rings. The van der Waals surface area contributed by atoms with E-state index in [9.17, 15) is 102 Å². The number of phosphoric ester groups is 1. The summed E-state index contributed by atoms with van der Waals surface area (Å²) in [6.07, 6.45) is -5.02. The zero-order valence-electron chi connectivity index (χ0n) is 48.4. The van der Waals surface area contributed by atoms with E-state index in [1.54, 1.807) is 0 Å². The van der Waals surface area contributed by atoms with Crippen LogP contribution in [0.1, 0.15) is 96.5 Å². The fourth-order valence-electron chi connectivity index (χ4n) is 7.78. The molecule has 1 aromatic rings. The maximum atomic E-state index is 14.0. The lowest BCUT2D eigenvalue weighted by Gasteiger charge is -2.28. The zero-order valence-corrected chi connectivity index (χ0v) is 49.3. The highest BCUT2D eigenvalue weighted by Gasteiger charge is 2.37. The Morgan fingerprint density at radius 3 is 1.34 bits per heavy atom. The average Bonchev–Trinajstić information content (AvgIpc) is 1.85. The highest BCUT2D eigenvalue weighted by molar-refractivity contribution is 7.46. The number of carbonyl (C=O) groups is 14. The number of carboxylic acids is 2. The van der Waals surface area contributed by atoms with Gasteiger partial charge in [0.1, 0.15) is 60.1 Å². The molecule has 26 N–H and O–H groups in total. The minimum absolute atomic E-state index is 0.0361. The SMILES string of the molecule is C[C@H](NC(=O)[C@H](CCCCN)NC(=O)[C@H](CCCCN)NC(=O)CNC(=O)CN)C(=O)N[C@H](C(=O)N[C@@H](CCC(N)=O)C(=O)N[C@@H](COP(=O)(O)O)C(=O)N[C@@H](CCC(N)=O)C(=O)N[C@@H](CCC(=O)O)C(=O)N[C@@H](Cc1ccc(O)cc1)C(=O)O)[C@@H](C)O. The Bertz CT molecular complexity index is 2630. The second kappa shape index (κ2) is 40.1. The fourth-order valence-corrected chi connectivity index (χ4v) is 8.12. The van der Waals surface area contributed by atoms with Crippen LogP contribution in [0.4, 0.5) is 0 Å². The van der Waals surface area contributed by atoms with Gasteiger partial charge in [0, 0.05) is 25.7 Å². The fraction of sp³-hybridized carbons (Fsp3) is 0.600. The van der Waals surface area contributed by atoms with Gasteiger partial charge in [-0.15, -0.1) is 0 Å². The van der Waals surface area contributed by atoms with Crippen molar-refractivity contribution >= 4 is 90.6 Å². The molecule has 0 aliphatic carbocycles. The summed E-state index contributed by atoms with van der Waals surface area (Å²) in [5, 5.41) is 62.1. The number of phenolic OH excluding ortho intramolecular Hbond substituents is 1. The summed E-state index contributed by atoms with van der Waals surface area (Å²) in [6, 6.07) is -10.8. The second-order valence-electron chi connectivity index (χ2n) is 19.9. The van der Waals surface area contributed by atoms with Gasteiger partial charge in [-0.3, -0.25) is 66.9 Å². The molecule has 10 atom stereocenters. The molecule has 88 heavy (non-hydrogen) atoms. The van der Waals surface area contributed by atoms with Gasteiger partial charge in [-0.25, -0.2) is 9.36 Å². The first-order valence-electron chi connectivity index (χ1n) is 27.5. The third-order valence-corrected chi connectivity index (χ3v) is 13.0. The summed E-state index contributed by atoms with van der Waals surface area (Å²) in [4.78, 5) is 201. The average molecular weight is 1280 g/mol. The van der Waals surface area contributed by atoms with E-state index in [1.165, 1.54) is 24.3 Å². The number of aromatic hydroxyl groups is 1. The number of aliphatic carboxylic acids is 2. The van der Waals surface area contributed by atoms with Gasteiger partial charge in [0.2, 0.25) is 70.9 Å². The van der Waals surface area contributed by atoms with Crippen LogP contribution in [0, 0.1) is 0 Å². The van der Waals surface area contributed by atoms with Crippen molar-refractivity contribution in [3.8, 4) is 5.75 Å². The predicted molar refractivity (Wildman–Crippen MR) is 304 cm³/mol. The van der Waals surface area contributed by atoms with Crippen LogP contribution in [0.5, 0.6) is 5.75 Å². The number of phenols is 1. The van der Waals surface area contributed by atoms with Crippen LogP contribution in [-0.2, 0) is 82.6 Å². The topological polar surface area (TPSA) is 637 Å². The summed E-state index contributed by atoms with van der Waals surface area (Å²) < 4.78 is 16.4. The number of hydrogen-bond donors (Lipinski definition) is 21. The van der Waals surface area contributed by atoms with E-state index in [2.05, 4.69) is 52.4 Å². The van der Waals surface area contributed by atoms with Crippen LogP contribution < -0.4 is 81.8 Å². The van der Waals surface area contributed by atoms with Crippen molar-refractivity contribution in [2.45, 2.75) is 158 Å². The lowest BCUT2D eigenvalue weighted by Crippen LogP contribution is -2.62. The number of carboxylic acid groups (broad SMARTS) is 2. The molecule has 0 saturated carbocycles. The van der Waals surface area contributed by atoms with Gasteiger partial charge in [0.25, 0.3) is 0 Å². The number of hydrogen-bond acceptors (Lipinski definition) is 21. The number of nitrogens with two attached hydrogens (primary N) is 5. The Balaban J connectivity index is 3.52. The summed E-state index contributed by atoms with van der Waals surface area (Å²) >= 11 is 0. The molecule has 0 aromatic heterocycles. The number of aliphatic hydroxyl groups excluding tert-OH is 1. The number of carbonyl (C=O) groups excluding carboxylic acids is 12. The zero-order chi connectivity index (χ0) is 66.8. The molecular formula is C50H82N15O22P. The minimum atomic E-state index is -5.53. The lowest BCUT2D eigenvalue weighted by atomic mass is 10.0. The number of primary amides is 2. The molecule has 0 aliphatic rings. The summed E-state index contributed by atoms with van der Waals surface area (Å²) in [5.41, 5.74) is 27.4. The summed E-state index contributed by atoms with van der Waals surface area (Å²) in [6.45, 7) is 0.243. The van der Waals surface area contributed by atoms with Gasteiger partial charge >= 0.3 is 19.8 Å². The number of amides is 12. The number of phosphoric acid groups is 1. The van der Waals surface area contributed by atoms with Gasteiger partial charge in [0.05, 0.1) is 25.8 Å². The molecule has 0 bridgehead atoms. The monoisotopic (exact) mass is 1280 g/mol. The number of rotatable bonds is 44. The van der Waals surface area contributed by atoms with E-state index in [1.807, 2.05) is 5.32 Å². The van der Waals surface area contributed by atoms with E-state index >= 15 is 0 Å². The van der Waals surface area contributed by atoms with Crippen LogP contribution in [0.15, 0.2) is 24.3 Å². The van der Waals surface area contributed by atoms with Gasteiger partial charge in [-0.1, -0.05) is 12.1 Å². The molecule has 1 aromatic carbocycles. The van der Waals surface area contributed by atoms with Crippen LogP contribution >= 0.6 is 7.82 Å². The van der Waals surface area contributed by atoms with E-state index in [4.69, 9.17) is 28.7 Å². The van der Waals surface area contributed by atoms with Crippen LogP contribution in [-0.4, -0.2) is 206 Å². The third kappa shape index (κ3) is 31.8. The number of unbranched alkanes of at least 4 members (excludes halogenated alkanes) is 2. The molecule has 37 nitrogen and oxygen atoms in total. The molecule has 12 amide bonds. The molecule has 494 valence electrons. The largest absolute Gasteiger partial charge is 0.508 e. The van der Waals surface area contributed by atoms with E-state index in [0.717, 1.165) is 13.8 Å². The van der Waals surface area contributed by atoms with Crippen molar-refractivity contribution in [1.82, 2.24) is 53.2 Å². The Morgan fingerprint density at radius 2 is 0.920 bits per heavy atom. The summed E-state index contributed by atoms with van der Waals surface area (Å²) in [7, 11) is -5.53. The van der Waals surface area contributed by atoms with Crippen molar-refractivity contribution in [2.75, 3.05) is 32.8 Å². The Kier molecular flexibility index (Phi) is 35.3. The van der Waals surface area contributed by atoms with E-state index in [0.29, 0.717) is 24.8 Å². The molecule has 0 heterocycles. The van der Waals surface area contributed by atoms with E-state index in [-0.39, 0.29) is 44.5 Å². The van der Waals surface area contributed by atoms with Gasteiger partial charge in [0.15, 0.2) is 0 Å². The molecule has 0 aliphatic heterocycles. The van der Waals surface area contributed by atoms with Crippen LogP contribution in [0.25, 0.3) is 0 Å². The van der Waals surface area contributed by atoms with Crippen LogP contribution in [0.2, 0.25) is 0 Å². The maximum Gasteiger partial charge on any atom is 0.469 e. The number of aliphatic hydroxyl groups is 1. The van der Waals surface area contributed by atoms with Crippen molar-refractivity contribution in [3.63, 3.8) is 0 Å². The number of benzene rings is 1. The third-order valence-electron chi connectivity index (χ3n) is 12.6. The molecule has 0 radical (unpaired) electrons. The molecular weight excluding hydrogens is 1190 g/mol. The predicted octanol–water partition coefficient (Wildman–Crippen LogP) is -8.38. The Hall–Kier alpha value is -8.45. The maximum absolute atomic E-state index is 14.0. The van der Waals surface area contributed by atoms with Gasteiger partial charge in [-0.05, 0) is 102 Å². The molecule has 0 saturated heterocycles. The van der Waals surface area contributed by atoms with Crippen molar-refractivity contribution in [1.29, 1.82) is 0 Å². The minimum Gasteiger partial charge on any atom is -0.508 e. The first-order chi connectivity index (χ1) is 41.2. The first kappa shape index (κ1) is 77.6. The van der Waals surface area contributed by atoms with Crippen molar-refractivity contribution in [3.05, 3.63) is 29.8 Å². The highest BCUT2D eigenvalue weighted by Crippen LogP contribution is 2.35. The van der Waals surface area contributed by atoms with Gasteiger partial charge in [-0.2, -0.15) is 0 Å². The van der Waals surface area contributed by atoms with Gasteiger partial charge < -0.3 is 112 Å². The quantitative estimate of drug-likeness (QED) is 0.0213. The smallest absolute Gasteiger partial charge is 0.469 e. The van der Waals surface area contributed by atoms with Crippen LogP contribution in [0.3, 0.4) is 0 Å². The second-order valence-corrected chi connectivity index (χ2v) is 21.2. The molecule has 1 rings (SSSR count). The standard InChI is InChI=1S/C50H82N15O22P/c1-25(57-43(75)30(8-4-6-20-52)59-44(76)29(7-3-5-19-51)58-39(71)23-56-38(70)22-53)42(74)65-41(26(2)66)49(81)62-32(14-17-37(55)69)47(79)64-35(24-87-88(84,85)86)48(80)61-31(13-16-36(54)68)45(77)60-33(15-18-40(72)73)46(78)63-34(50(82)83)21-27-9-11-28(67)12-10-27/h9-12,25-26,29-35,41,66-67H,3-8,13-24,51-53H2,1-2H3,(H2,54,68)(H2,55,69)(H,56,70)(H,57,75)(H,58,71)(H,59,76)(H,60,77)(H,61,80)(H,62,81)(H,63,78)(H,64,79)(H,65,74)(H,72,73)(H,82,83)(H2,84,85,86)/t25-,26+,29-,30-,31-,32-,33-,34-,35-,41-/m0/s1. The molecule has 38 heteroatoms. The first-order valence-corrected chi connectivity index (χ1v) is 29.0. The Morgan fingerprint density at radius 1 is 0.511 bits per heavy atom. The van der Waals surface area contributed by atoms with Crippen molar-refractivity contribution in [2.24, 2.45) is 28.7 Å².